The lowest BCUT2D eigenvalue weighted by Crippen LogP contribution is -2.49. The Labute approximate surface area is 199 Å². The van der Waals surface area contributed by atoms with Gasteiger partial charge in [0.15, 0.2) is 0 Å². The van der Waals surface area contributed by atoms with Gasteiger partial charge in [0.1, 0.15) is 18.3 Å². The average molecular weight is 459 g/mol. The molecule has 1 aliphatic carbocycles. The fourth-order valence-electron chi connectivity index (χ4n) is 4.73. The largest absolute Gasteiger partial charge is 0.339 e. The quantitative estimate of drug-likeness (QED) is 0.468. The molecule has 0 saturated heterocycles. The lowest BCUT2D eigenvalue weighted by atomic mass is 9.83. The number of H-pyrrole nitrogens is 1. The maximum absolute atomic E-state index is 13.4. The van der Waals surface area contributed by atoms with Crippen LogP contribution in [0.25, 0.3) is 11.1 Å². The zero-order valence-electron chi connectivity index (χ0n) is 19.6. The van der Waals surface area contributed by atoms with Gasteiger partial charge in [0.05, 0.1) is 5.69 Å². The highest BCUT2D eigenvalue weighted by Crippen LogP contribution is 2.29. The number of nitrogens with one attached hydrogen (secondary N) is 3. The molecule has 8 heteroatoms. The third-order valence-corrected chi connectivity index (χ3v) is 6.45. The molecule has 1 aliphatic rings. The molecule has 176 valence electrons. The number of carbonyl (C=O) groups excluding carboxylic acids is 2. The van der Waals surface area contributed by atoms with E-state index in [2.05, 4.69) is 31.9 Å². The third kappa shape index (κ3) is 5.04. The van der Waals surface area contributed by atoms with Gasteiger partial charge in [0.2, 0.25) is 5.91 Å². The molecule has 0 unspecified atom stereocenters. The molecule has 4 rings (SSSR count). The van der Waals surface area contributed by atoms with E-state index < -0.39 is 6.04 Å². The minimum Gasteiger partial charge on any atom is -0.339 e. The van der Waals surface area contributed by atoms with E-state index >= 15 is 0 Å². The van der Waals surface area contributed by atoms with Gasteiger partial charge in [0.25, 0.3) is 5.91 Å². The number of carbonyl (C=O) groups is 2. The van der Waals surface area contributed by atoms with E-state index in [4.69, 9.17) is 6.42 Å². The molecule has 1 atom stereocenters. The van der Waals surface area contributed by atoms with E-state index in [1.54, 1.807) is 6.07 Å². The van der Waals surface area contributed by atoms with E-state index in [0.717, 1.165) is 54.6 Å². The Kier molecular flexibility index (Phi) is 7.12. The van der Waals surface area contributed by atoms with Crippen molar-refractivity contribution in [2.24, 2.45) is 5.92 Å². The molecular weight excluding hydrogens is 428 g/mol. The van der Waals surface area contributed by atoms with Gasteiger partial charge in [-0.15, -0.1) is 6.42 Å². The molecule has 1 aromatic carbocycles. The zero-order valence-corrected chi connectivity index (χ0v) is 19.6. The van der Waals surface area contributed by atoms with Crippen molar-refractivity contribution in [3.63, 3.8) is 0 Å². The first kappa shape index (κ1) is 23.3. The van der Waals surface area contributed by atoms with Gasteiger partial charge in [-0.3, -0.25) is 14.7 Å². The van der Waals surface area contributed by atoms with Crippen molar-refractivity contribution in [1.82, 2.24) is 25.3 Å². The molecular formula is C26H30N6O2. The predicted octanol–water partition coefficient (Wildman–Crippen LogP) is 3.84. The Bertz CT molecular complexity index is 1180. The summed E-state index contributed by atoms with van der Waals surface area (Å²) in [6, 6.07) is 8.66. The van der Waals surface area contributed by atoms with Gasteiger partial charge < -0.3 is 10.6 Å². The highest BCUT2D eigenvalue weighted by Gasteiger charge is 2.32. The van der Waals surface area contributed by atoms with Gasteiger partial charge in [-0.25, -0.2) is 4.68 Å². The second-order valence-corrected chi connectivity index (χ2v) is 8.80. The second-order valence-electron chi connectivity index (χ2n) is 8.80. The first-order valence-electron chi connectivity index (χ1n) is 11.7. The van der Waals surface area contributed by atoms with Gasteiger partial charge in [0, 0.05) is 23.1 Å². The van der Waals surface area contributed by atoms with E-state index in [0.29, 0.717) is 11.4 Å². The topological polar surface area (TPSA) is 105 Å². The molecule has 8 nitrogen and oxygen atoms in total. The minimum atomic E-state index is -0.639. The molecule has 3 N–H and O–H groups in total. The van der Waals surface area contributed by atoms with Crippen LogP contribution in [0, 0.1) is 32.1 Å². The van der Waals surface area contributed by atoms with Gasteiger partial charge in [-0.05, 0) is 56.4 Å². The minimum absolute atomic E-state index is 0.0807. The highest BCUT2D eigenvalue weighted by atomic mass is 16.2. The Hall–Kier alpha value is -3.86. The number of terminal acetylenes is 1. The molecule has 2 aromatic heterocycles. The number of aromatic amines is 1. The average Bonchev–Trinajstić information content (AvgIpc) is 3.44. The number of hydrogen-bond acceptors (Lipinski definition) is 4. The van der Waals surface area contributed by atoms with Crippen molar-refractivity contribution in [3.8, 4) is 23.5 Å². The number of anilines is 1. The van der Waals surface area contributed by atoms with Crippen LogP contribution in [0.3, 0.4) is 0 Å². The summed E-state index contributed by atoms with van der Waals surface area (Å²) >= 11 is 0. The Morgan fingerprint density at radius 2 is 1.91 bits per heavy atom. The first-order chi connectivity index (χ1) is 16.5. The smallest absolute Gasteiger partial charge is 0.270 e. The molecule has 1 fully saturated rings. The molecule has 0 aliphatic heterocycles. The Balaban J connectivity index is 1.51. The normalized spacial score (nSPS) is 14.9. The van der Waals surface area contributed by atoms with Crippen LogP contribution in [0.4, 0.5) is 5.69 Å². The maximum Gasteiger partial charge on any atom is 0.270 e. The van der Waals surface area contributed by atoms with Crippen molar-refractivity contribution in [1.29, 1.82) is 0 Å². The molecule has 2 amide bonds. The van der Waals surface area contributed by atoms with Crippen LogP contribution < -0.4 is 10.6 Å². The maximum atomic E-state index is 13.4. The van der Waals surface area contributed by atoms with Crippen LogP contribution in [-0.4, -0.2) is 37.8 Å². The lowest BCUT2D eigenvalue weighted by Gasteiger charge is -2.30. The number of amides is 2. The fourth-order valence-corrected chi connectivity index (χ4v) is 4.73. The molecule has 2 heterocycles. The lowest BCUT2D eigenvalue weighted by molar-refractivity contribution is -0.119. The van der Waals surface area contributed by atoms with Gasteiger partial charge in [-0.1, -0.05) is 37.3 Å². The van der Waals surface area contributed by atoms with Crippen LogP contribution in [0.1, 0.15) is 54.0 Å². The zero-order chi connectivity index (χ0) is 24.1. The number of aromatic nitrogens is 4. The van der Waals surface area contributed by atoms with Crippen molar-refractivity contribution < 1.29 is 9.59 Å². The summed E-state index contributed by atoms with van der Waals surface area (Å²) in [5.74, 6) is 2.01. The number of aryl methyl sites for hydroxylation is 2. The number of benzene rings is 1. The van der Waals surface area contributed by atoms with Crippen molar-refractivity contribution >= 4 is 17.5 Å². The standard InChI is InChI=1S/C26H30N6O2/c1-4-16-32-22(14-15-27-32)25(33)29-24(20-8-6-5-7-9-20)26(34)28-21-12-10-19(11-13-21)23-17(2)30-31-18(23)3/h1,10-15,20,24H,5-9,16H2,2-3H3,(H,28,34)(H,29,33)(H,30,31)/t24-/m0/s1. The van der Waals surface area contributed by atoms with Crippen molar-refractivity contribution in [3.05, 3.63) is 53.6 Å². The summed E-state index contributed by atoms with van der Waals surface area (Å²) in [6.07, 6.45) is 12.0. The number of nitrogens with zero attached hydrogens (tertiary/aromatic N) is 3. The van der Waals surface area contributed by atoms with Crippen LogP contribution in [0.2, 0.25) is 0 Å². The van der Waals surface area contributed by atoms with Crippen LogP contribution in [0.5, 0.6) is 0 Å². The first-order valence-corrected chi connectivity index (χ1v) is 11.7. The second kappa shape index (κ2) is 10.4. The number of rotatable bonds is 7. The summed E-state index contributed by atoms with van der Waals surface area (Å²) in [6.45, 7) is 4.14. The monoisotopic (exact) mass is 458 g/mol. The molecule has 0 bridgehead atoms. The van der Waals surface area contributed by atoms with Gasteiger partial charge >= 0.3 is 0 Å². The van der Waals surface area contributed by atoms with Crippen LogP contribution >= 0.6 is 0 Å². The molecule has 1 saturated carbocycles. The summed E-state index contributed by atoms with van der Waals surface area (Å²) < 4.78 is 1.46. The van der Waals surface area contributed by atoms with E-state index in [-0.39, 0.29) is 24.3 Å². The molecule has 3 aromatic rings. The summed E-state index contributed by atoms with van der Waals surface area (Å²) in [5, 5.41) is 17.3. The predicted molar refractivity (Wildman–Crippen MR) is 131 cm³/mol. The Morgan fingerprint density at radius 3 is 2.56 bits per heavy atom. The summed E-state index contributed by atoms with van der Waals surface area (Å²) in [4.78, 5) is 26.4. The van der Waals surface area contributed by atoms with Crippen LogP contribution in [0.15, 0.2) is 36.5 Å². The Morgan fingerprint density at radius 1 is 1.18 bits per heavy atom. The highest BCUT2D eigenvalue weighted by molar-refractivity contribution is 6.00. The third-order valence-electron chi connectivity index (χ3n) is 6.45. The van der Waals surface area contributed by atoms with Crippen molar-refractivity contribution in [2.45, 2.75) is 58.5 Å². The SMILES string of the molecule is C#CCn1nccc1C(=O)N[C@H](C(=O)Nc1ccc(-c2c(C)n[nH]c2C)cc1)C1CCCCC1. The van der Waals surface area contributed by atoms with Gasteiger partial charge in [-0.2, -0.15) is 10.2 Å². The summed E-state index contributed by atoms with van der Waals surface area (Å²) in [5.41, 5.74) is 5.05. The summed E-state index contributed by atoms with van der Waals surface area (Å²) in [7, 11) is 0. The van der Waals surface area contributed by atoms with Crippen molar-refractivity contribution in [2.75, 3.05) is 5.32 Å². The van der Waals surface area contributed by atoms with E-state index in [1.807, 2.05) is 38.1 Å². The molecule has 0 spiro atoms. The van der Waals surface area contributed by atoms with Crippen LogP contribution in [-0.2, 0) is 11.3 Å². The molecule has 0 radical (unpaired) electrons. The number of hydrogen-bond donors (Lipinski definition) is 3. The fraction of sp³-hybridized carbons (Fsp3) is 0.385. The van der Waals surface area contributed by atoms with E-state index in [1.165, 1.54) is 10.9 Å². The van der Waals surface area contributed by atoms with E-state index in [9.17, 15) is 9.59 Å². The molecule has 34 heavy (non-hydrogen) atoms.